The molecule has 0 amide bonds. The minimum Gasteiger partial charge on any atom is -0.455 e. The molecule has 0 radical (unpaired) electrons. The van der Waals surface area contributed by atoms with Gasteiger partial charge in [-0.15, -0.1) is 0 Å². The van der Waals surface area contributed by atoms with Gasteiger partial charge in [-0.1, -0.05) is 158 Å². The number of nitrogens with zero attached hydrogens (tertiary/aromatic N) is 4. The van der Waals surface area contributed by atoms with E-state index in [9.17, 15) is 0 Å². The molecule has 0 aliphatic heterocycles. The molecular formula is C51H32N4O. The molecule has 11 aromatic rings. The Morgan fingerprint density at radius 2 is 0.893 bits per heavy atom. The molecule has 0 N–H and O–H groups in total. The highest BCUT2D eigenvalue weighted by Gasteiger charge is 2.19. The molecule has 0 aliphatic carbocycles. The maximum Gasteiger partial charge on any atom is 0.164 e. The van der Waals surface area contributed by atoms with Crippen molar-refractivity contribution >= 4 is 43.7 Å². The zero-order valence-corrected chi connectivity index (χ0v) is 30.2. The molecule has 0 unspecified atom stereocenters. The fraction of sp³-hybridized carbons (Fsp3) is 0. The molecule has 0 saturated carbocycles. The number of para-hydroxylation sites is 2. The lowest BCUT2D eigenvalue weighted by Crippen LogP contribution is -2.00. The Balaban J connectivity index is 1.13. The molecule has 0 atom stereocenters. The molecule has 8 aromatic carbocycles. The SMILES string of the molecule is c1ccc(-c2ccc(-n3c4ccc(-c5cccc6c5oc5ccccc56)cc4c4ccc(-c5nc(-c6ccccc6)nc(-c6ccccc6)n5)cc43)cc2)cc1. The van der Waals surface area contributed by atoms with Crippen molar-refractivity contribution in [1.29, 1.82) is 0 Å². The van der Waals surface area contributed by atoms with Crippen molar-refractivity contribution in [2.24, 2.45) is 0 Å². The van der Waals surface area contributed by atoms with Gasteiger partial charge in [-0.3, -0.25) is 0 Å². The van der Waals surface area contributed by atoms with Gasteiger partial charge in [0.2, 0.25) is 0 Å². The maximum atomic E-state index is 6.48. The molecule has 5 heteroatoms. The van der Waals surface area contributed by atoms with E-state index in [1.54, 1.807) is 0 Å². The number of furan rings is 1. The van der Waals surface area contributed by atoms with Gasteiger partial charge < -0.3 is 8.98 Å². The normalized spacial score (nSPS) is 11.6. The topological polar surface area (TPSA) is 56.7 Å². The van der Waals surface area contributed by atoms with Crippen LogP contribution in [0.5, 0.6) is 0 Å². The van der Waals surface area contributed by atoms with Crippen molar-refractivity contribution in [1.82, 2.24) is 19.5 Å². The summed E-state index contributed by atoms with van der Waals surface area (Å²) >= 11 is 0. The second kappa shape index (κ2) is 13.0. The van der Waals surface area contributed by atoms with Gasteiger partial charge in [0.05, 0.1) is 11.0 Å². The lowest BCUT2D eigenvalue weighted by Gasteiger charge is -2.11. The van der Waals surface area contributed by atoms with E-state index in [4.69, 9.17) is 19.4 Å². The molecule has 5 nitrogen and oxygen atoms in total. The third-order valence-electron chi connectivity index (χ3n) is 10.7. The molecule has 11 rings (SSSR count). The van der Waals surface area contributed by atoms with Crippen LogP contribution in [0, 0.1) is 0 Å². The van der Waals surface area contributed by atoms with Crippen LogP contribution in [-0.4, -0.2) is 19.5 Å². The van der Waals surface area contributed by atoms with Crippen LogP contribution in [0.25, 0.3) is 106 Å². The lowest BCUT2D eigenvalue weighted by atomic mass is 10.00. The molecule has 0 saturated heterocycles. The van der Waals surface area contributed by atoms with Gasteiger partial charge in [0.15, 0.2) is 17.5 Å². The Bertz CT molecular complexity index is 3160. The van der Waals surface area contributed by atoms with E-state index in [2.05, 4.69) is 126 Å². The van der Waals surface area contributed by atoms with Crippen LogP contribution in [0.2, 0.25) is 0 Å². The van der Waals surface area contributed by atoms with E-state index >= 15 is 0 Å². The van der Waals surface area contributed by atoms with Gasteiger partial charge in [-0.25, -0.2) is 15.0 Å². The fourth-order valence-electron chi connectivity index (χ4n) is 7.95. The zero-order chi connectivity index (χ0) is 37.0. The summed E-state index contributed by atoms with van der Waals surface area (Å²) in [6.07, 6.45) is 0. The summed E-state index contributed by atoms with van der Waals surface area (Å²) in [4.78, 5) is 15.1. The molecule has 3 aromatic heterocycles. The summed E-state index contributed by atoms with van der Waals surface area (Å²) in [6, 6.07) is 67.5. The van der Waals surface area contributed by atoms with Crippen molar-refractivity contribution in [3.63, 3.8) is 0 Å². The fourth-order valence-corrected chi connectivity index (χ4v) is 7.95. The Morgan fingerprint density at radius 3 is 1.59 bits per heavy atom. The zero-order valence-electron chi connectivity index (χ0n) is 30.2. The molecule has 3 heterocycles. The van der Waals surface area contributed by atoms with Gasteiger partial charge in [0.25, 0.3) is 0 Å². The first-order chi connectivity index (χ1) is 27.7. The minimum atomic E-state index is 0.619. The largest absolute Gasteiger partial charge is 0.455 e. The summed E-state index contributed by atoms with van der Waals surface area (Å²) in [6.45, 7) is 0. The van der Waals surface area contributed by atoms with E-state index in [-0.39, 0.29) is 0 Å². The summed E-state index contributed by atoms with van der Waals surface area (Å²) in [7, 11) is 0. The monoisotopic (exact) mass is 716 g/mol. The molecular weight excluding hydrogens is 685 g/mol. The van der Waals surface area contributed by atoms with Crippen LogP contribution >= 0.6 is 0 Å². The predicted molar refractivity (Wildman–Crippen MR) is 229 cm³/mol. The second-order valence-corrected chi connectivity index (χ2v) is 14.0. The van der Waals surface area contributed by atoms with E-state index in [0.717, 1.165) is 77.2 Å². The third-order valence-corrected chi connectivity index (χ3v) is 10.7. The van der Waals surface area contributed by atoms with Crippen LogP contribution < -0.4 is 0 Å². The Morgan fingerprint density at radius 1 is 0.339 bits per heavy atom. The molecule has 0 bridgehead atoms. The first-order valence-corrected chi connectivity index (χ1v) is 18.8. The first kappa shape index (κ1) is 31.9. The molecule has 262 valence electrons. The Kier molecular flexibility index (Phi) is 7.42. The summed E-state index contributed by atoms with van der Waals surface area (Å²) in [5.41, 5.74) is 12.3. The van der Waals surface area contributed by atoms with Gasteiger partial charge in [0, 0.05) is 49.5 Å². The van der Waals surface area contributed by atoms with Crippen LogP contribution in [0.15, 0.2) is 199 Å². The van der Waals surface area contributed by atoms with Crippen LogP contribution in [0.1, 0.15) is 0 Å². The van der Waals surface area contributed by atoms with Gasteiger partial charge in [0.1, 0.15) is 11.2 Å². The van der Waals surface area contributed by atoms with Crippen molar-refractivity contribution in [2.45, 2.75) is 0 Å². The smallest absolute Gasteiger partial charge is 0.164 e. The van der Waals surface area contributed by atoms with Crippen molar-refractivity contribution in [3.8, 4) is 62.1 Å². The predicted octanol–water partition coefficient (Wildman–Crippen LogP) is 13.2. The van der Waals surface area contributed by atoms with Gasteiger partial charge in [-0.2, -0.15) is 0 Å². The first-order valence-electron chi connectivity index (χ1n) is 18.8. The summed E-state index contributed by atoms with van der Waals surface area (Å²) < 4.78 is 8.84. The number of aromatic nitrogens is 4. The average molecular weight is 717 g/mol. The minimum absolute atomic E-state index is 0.619. The van der Waals surface area contributed by atoms with E-state index < -0.39 is 0 Å². The summed E-state index contributed by atoms with van der Waals surface area (Å²) in [5, 5.41) is 4.52. The molecule has 56 heavy (non-hydrogen) atoms. The highest BCUT2D eigenvalue weighted by molar-refractivity contribution is 6.13. The van der Waals surface area contributed by atoms with E-state index in [1.165, 1.54) is 11.1 Å². The highest BCUT2D eigenvalue weighted by Crippen LogP contribution is 2.40. The van der Waals surface area contributed by atoms with Gasteiger partial charge >= 0.3 is 0 Å². The average Bonchev–Trinajstić information content (AvgIpc) is 3.82. The number of hydrogen-bond acceptors (Lipinski definition) is 4. The van der Waals surface area contributed by atoms with Crippen LogP contribution in [0.3, 0.4) is 0 Å². The number of benzene rings is 8. The second-order valence-electron chi connectivity index (χ2n) is 14.0. The van der Waals surface area contributed by atoms with E-state index in [1.807, 2.05) is 72.8 Å². The standard InChI is InChI=1S/C51H32N4O/c1-4-13-33(14-5-1)34-23-27-39(28-24-34)55-45-30-26-37(40-20-12-21-43-42-19-10-11-22-47(42)56-48(40)43)31-44(45)41-29-25-38(32-46(41)55)51-53-49(35-15-6-2-7-16-35)52-50(54-51)36-17-8-3-9-18-36/h1-32H. The van der Waals surface area contributed by atoms with Crippen molar-refractivity contribution < 1.29 is 4.42 Å². The highest BCUT2D eigenvalue weighted by atomic mass is 16.3. The van der Waals surface area contributed by atoms with Crippen molar-refractivity contribution in [3.05, 3.63) is 194 Å². The maximum absolute atomic E-state index is 6.48. The number of fused-ring (bicyclic) bond motifs is 6. The number of hydrogen-bond donors (Lipinski definition) is 0. The van der Waals surface area contributed by atoms with Crippen molar-refractivity contribution in [2.75, 3.05) is 0 Å². The molecule has 0 fully saturated rings. The Hall–Kier alpha value is -7.63. The summed E-state index contributed by atoms with van der Waals surface area (Å²) in [5.74, 6) is 1.89. The van der Waals surface area contributed by atoms with Gasteiger partial charge in [-0.05, 0) is 53.1 Å². The van der Waals surface area contributed by atoms with E-state index in [0.29, 0.717) is 17.5 Å². The Labute approximate surface area is 322 Å². The lowest BCUT2D eigenvalue weighted by molar-refractivity contribution is 0.670. The molecule has 0 spiro atoms. The molecule has 0 aliphatic rings. The number of rotatable bonds is 6. The van der Waals surface area contributed by atoms with Crippen LogP contribution in [-0.2, 0) is 0 Å². The quantitative estimate of drug-likeness (QED) is 0.172. The van der Waals surface area contributed by atoms with Crippen LogP contribution in [0.4, 0.5) is 0 Å². The third kappa shape index (κ3) is 5.37.